The molecule has 4 rings (SSSR count). The number of nitrogens with zero attached hydrogens (tertiary/aromatic N) is 1. The van der Waals surface area contributed by atoms with Gasteiger partial charge >= 0.3 is 0 Å². The second-order valence-electron chi connectivity index (χ2n) is 7.28. The molecular formula is C18H25N3O5S. The molecule has 0 aromatic heterocycles. The van der Waals surface area contributed by atoms with E-state index in [0.29, 0.717) is 36.5 Å². The van der Waals surface area contributed by atoms with Crippen LogP contribution in [0.1, 0.15) is 12.8 Å². The van der Waals surface area contributed by atoms with E-state index in [9.17, 15) is 13.2 Å². The molecule has 2 fully saturated rings. The Kier molecular flexibility index (Phi) is 5.25. The summed E-state index contributed by atoms with van der Waals surface area (Å²) in [5.74, 6) is 2.06. The van der Waals surface area contributed by atoms with Crippen LogP contribution in [0.2, 0.25) is 0 Å². The fourth-order valence-electron chi connectivity index (χ4n) is 3.90. The molecular weight excluding hydrogens is 370 g/mol. The Labute approximate surface area is 159 Å². The molecule has 1 aromatic rings. The van der Waals surface area contributed by atoms with E-state index >= 15 is 0 Å². The van der Waals surface area contributed by atoms with Crippen molar-refractivity contribution in [3.05, 3.63) is 18.2 Å². The van der Waals surface area contributed by atoms with Crippen molar-refractivity contribution >= 4 is 15.9 Å². The summed E-state index contributed by atoms with van der Waals surface area (Å²) in [4.78, 5) is 14.3. The van der Waals surface area contributed by atoms with Gasteiger partial charge in [-0.1, -0.05) is 0 Å². The predicted octanol–water partition coefficient (Wildman–Crippen LogP) is 0.194. The number of nitrogens with one attached hydrogen (secondary N) is 2. The van der Waals surface area contributed by atoms with Crippen molar-refractivity contribution in [2.24, 2.45) is 11.8 Å². The van der Waals surface area contributed by atoms with Gasteiger partial charge in [-0.25, -0.2) is 13.1 Å². The fourth-order valence-corrected chi connectivity index (χ4v) is 4.95. The summed E-state index contributed by atoms with van der Waals surface area (Å²) >= 11 is 0. The van der Waals surface area contributed by atoms with Crippen LogP contribution in [0.25, 0.3) is 0 Å². The first-order valence-electron chi connectivity index (χ1n) is 9.41. The molecule has 2 saturated heterocycles. The van der Waals surface area contributed by atoms with E-state index in [1.807, 2.05) is 4.90 Å². The number of hydrogen-bond donors (Lipinski definition) is 2. The van der Waals surface area contributed by atoms with Gasteiger partial charge in [-0.2, -0.15) is 0 Å². The number of amides is 1. The van der Waals surface area contributed by atoms with Gasteiger partial charge < -0.3 is 19.7 Å². The van der Waals surface area contributed by atoms with Crippen LogP contribution in [0.3, 0.4) is 0 Å². The van der Waals surface area contributed by atoms with E-state index < -0.39 is 10.0 Å². The maximum atomic E-state index is 12.5. The zero-order chi connectivity index (χ0) is 18.9. The number of carbonyl (C=O) groups is 1. The average Bonchev–Trinajstić information content (AvgIpc) is 3.16. The lowest BCUT2D eigenvalue weighted by Gasteiger charge is -2.17. The van der Waals surface area contributed by atoms with Gasteiger partial charge in [-0.3, -0.25) is 4.79 Å². The van der Waals surface area contributed by atoms with Crippen molar-refractivity contribution in [2.45, 2.75) is 17.7 Å². The minimum Gasteiger partial charge on any atom is -0.490 e. The first kappa shape index (κ1) is 18.5. The Balaban J connectivity index is 1.32. The molecule has 0 spiro atoms. The van der Waals surface area contributed by atoms with Crippen LogP contribution in [-0.2, 0) is 14.8 Å². The van der Waals surface area contributed by atoms with Gasteiger partial charge in [0, 0.05) is 51.6 Å². The zero-order valence-electron chi connectivity index (χ0n) is 15.1. The molecule has 2 N–H and O–H groups in total. The molecule has 27 heavy (non-hydrogen) atoms. The minimum absolute atomic E-state index is 0.00534. The number of rotatable bonds is 5. The summed E-state index contributed by atoms with van der Waals surface area (Å²) in [6, 6.07) is 4.57. The number of likely N-dealkylation sites (tertiary alicyclic amines) is 1. The number of hydrogen-bond acceptors (Lipinski definition) is 6. The van der Waals surface area contributed by atoms with Gasteiger partial charge in [0.25, 0.3) is 0 Å². The van der Waals surface area contributed by atoms with Gasteiger partial charge in [0.2, 0.25) is 15.9 Å². The fraction of sp³-hybridized carbons (Fsp3) is 0.611. The van der Waals surface area contributed by atoms with Crippen molar-refractivity contribution in [2.75, 3.05) is 45.9 Å². The van der Waals surface area contributed by atoms with Crippen LogP contribution >= 0.6 is 0 Å². The Morgan fingerprint density at radius 3 is 2.59 bits per heavy atom. The Morgan fingerprint density at radius 2 is 1.85 bits per heavy atom. The lowest BCUT2D eigenvalue weighted by molar-refractivity contribution is -0.130. The van der Waals surface area contributed by atoms with Gasteiger partial charge in [0.15, 0.2) is 11.5 Å². The summed E-state index contributed by atoms with van der Waals surface area (Å²) in [6.07, 6.45) is 0.919. The second-order valence-corrected chi connectivity index (χ2v) is 9.05. The molecule has 0 aliphatic carbocycles. The maximum absolute atomic E-state index is 12.5. The van der Waals surface area contributed by atoms with Gasteiger partial charge in [0.1, 0.15) is 0 Å². The topological polar surface area (TPSA) is 97.0 Å². The third-order valence-corrected chi connectivity index (χ3v) is 6.86. The summed E-state index contributed by atoms with van der Waals surface area (Å²) in [6.45, 7) is 4.59. The minimum atomic E-state index is -3.71. The molecule has 0 bridgehead atoms. The average molecular weight is 395 g/mol. The smallest absolute Gasteiger partial charge is 0.240 e. The first-order valence-corrected chi connectivity index (χ1v) is 10.9. The van der Waals surface area contributed by atoms with E-state index in [4.69, 9.17) is 9.47 Å². The third kappa shape index (κ3) is 4.04. The van der Waals surface area contributed by atoms with Crippen LogP contribution in [0, 0.1) is 11.8 Å². The molecule has 8 nitrogen and oxygen atoms in total. The maximum Gasteiger partial charge on any atom is 0.240 e. The quantitative estimate of drug-likeness (QED) is 0.739. The molecule has 1 aromatic carbocycles. The molecule has 3 aliphatic heterocycles. The summed E-state index contributed by atoms with van der Waals surface area (Å²) in [5.41, 5.74) is 0. The molecule has 148 valence electrons. The number of benzene rings is 1. The van der Waals surface area contributed by atoms with E-state index in [1.165, 1.54) is 12.1 Å². The summed E-state index contributed by atoms with van der Waals surface area (Å²) in [5, 5.41) is 3.34. The van der Waals surface area contributed by atoms with Gasteiger partial charge in [0.05, 0.1) is 18.1 Å². The normalized spacial score (nSPS) is 24.5. The lowest BCUT2D eigenvalue weighted by atomic mass is 10.0. The van der Waals surface area contributed by atoms with Crippen molar-refractivity contribution in [1.82, 2.24) is 14.9 Å². The molecule has 9 heteroatoms. The van der Waals surface area contributed by atoms with Crippen LogP contribution in [0.5, 0.6) is 11.5 Å². The highest BCUT2D eigenvalue weighted by Crippen LogP contribution is 2.32. The molecule has 0 radical (unpaired) electrons. The SMILES string of the molecule is O=C(CCNS(=O)(=O)c1ccc2c(c1)OCCCO2)N1C[C@H]2CNC[C@H]2C1. The van der Waals surface area contributed by atoms with Crippen molar-refractivity contribution in [3.8, 4) is 11.5 Å². The number of ether oxygens (including phenoxy) is 2. The number of fused-ring (bicyclic) bond motifs is 2. The van der Waals surface area contributed by atoms with Crippen molar-refractivity contribution in [3.63, 3.8) is 0 Å². The van der Waals surface area contributed by atoms with Crippen molar-refractivity contribution < 1.29 is 22.7 Å². The van der Waals surface area contributed by atoms with Crippen LogP contribution < -0.4 is 19.5 Å². The molecule has 3 aliphatic rings. The zero-order valence-corrected chi connectivity index (χ0v) is 16.0. The molecule has 0 unspecified atom stereocenters. The largest absolute Gasteiger partial charge is 0.490 e. The van der Waals surface area contributed by atoms with Crippen molar-refractivity contribution in [1.29, 1.82) is 0 Å². The first-order chi connectivity index (χ1) is 13.0. The van der Waals surface area contributed by atoms with E-state index in [0.717, 1.165) is 32.6 Å². The molecule has 1 amide bonds. The van der Waals surface area contributed by atoms with Crippen LogP contribution in [-0.4, -0.2) is 65.2 Å². The molecule has 0 saturated carbocycles. The van der Waals surface area contributed by atoms with E-state index in [2.05, 4.69) is 10.0 Å². The third-order valence-electron chi connectivity index (χ3n) is 5.40. The second kappa shape index (κ2) is 7.65. The number of carbonyl (C=O) groups excluding carboxylic acids is 1. The summed E-state index contributed by atoms with van der Waals surface area (Å²) < 4.78 is 38.6. The van der Waals surface area contributed by atoms with Gasteiger partial charge in [-0.15, -0.1) is 0 Å². The van der Waals surface area contributed by atoms with E-state index in [-0.39, 0.29) is 23.8 Å². The van der Waals surface area contributed by atoms with Crippen LogP contribution in [0.4, 0.5) is 0 Å². The lowest BCUT2D eigenvalue weighted by Crippen LogP contribution is -2.35. The standard InChI is InChI=1S/C18H25N3O5S/c22-18(21-11-13-9-19-10-14(13)12-21)4-5-20-27(23,24)15-2-3-16-17(8-15)26-7-1-6-25-16/h2-3,8,13-14,19-20H,1,4-7,9-12H2/t13-,14+. The Morgan fingerprint density at radius 1 is 1.15 bits per heavy atom. The van der Waals surface area contributed by atoms with E-state index in [1.54, 1.807) is 6.07 Å². The predicted molar refractivity (Wildman–Crippen MR) is 98.3 cm³/mol. The summed E-state index contributed by atoms with van der Waals surface area (Å²) in [7, 11) is -3.71. The molecule has 3 heterocycles. The monoisotopic (exact) mass is 395 g/mol. The molecule has 2 atom stereocenters. The highest BCUT2D eigenvalue weighted by molar-refractivity contribution is 7.89. The van der Waals surface area contributed by atoms with Crippen LogP contribution in [0.15, 0.2) is 23.1 Å². The highest BCUT2D eigenvalue weighted by Gasteiger charge is 2.37. The highest BCUT2D eigenvalue weighted by atomic mass is 32.2. The number of sulfonamides is 1. The van der Waals surface area contributed by atoms with Gasteiger partial charge in [-0.05, 0) is 24.0 Å². The Bertz CT molecular complexity index is 801. The Hall–Kier alpha value is -1.84.